The molecule has 0 atom stereocenters. The topological polar surface area (TPSA) is 62.5 Å². The van der Waals surface area contributed by atoms with E-state index in [0.717, 1.165) is 5.56 Å². The van der Waals surface area contributed by atoms with Crippen molar-refractivity contribution in [1.29, 1.82) is 0 Å². The van der Waals surface area contributed by atoms with Crippen LogP contribution < -0.4 is 10.5 Å². The molecule has 2 aromatic carbocycles. The molecule has 128 valence electrons. The fourth-order valence-electron chi connectivity index (χ4n) is 2.89. The van der Waals surface area contributed by atoms with Gasteiger partial charge in [0.15, 0.2) is 0 Å². The minimum absolute atomic E-state index is 0.248. The van der Waals surface area contributed by atoms with E-state index in [1.807, 2.05) is 13.0 Å². The van der Waals surface area contributed by atoms with Crippen molar-refractivity contribution in [3.8, 4) is 5.75 Å². The lowest BCUT2D eigenvalue weighted by Gasteiger charge is -2.19. The first-order valence-corrected chi connectivity index (χ1v) is 8.05. The molecule has 0 aliphatic heterocycles. The van der Waals surface area contributed by atoms with Gasteiger partial charge in [0.2, 0.25) is 0 Å². The highest BCUT2D eigenvalue weighted by Gasteiger charge is 2.25. The second kappa shape index (κ2) is 6.26. The first kappa shape index (κ1) is 17.0. The number of aromatic hydroxyl groups is 1. The van der Waals surface area contributed by atoms with Gasteiger partial charge in [-0.05, 0) is 42.8 Å². The van der Waals surface area contributed by atoms with E-state index in [1.165, 1.54) is 9.47 Å². The van der Waals surface area contributed by atoms with E-state index in [2.05, 4.69) is 0 Å². The number of halogens is 1. The molecule has 1 amide bonds. The van der Waals surface area contributed by atoms with Crippen molar-refractivity contribution in [3.63, 3.8) is 0 Å². The molecule has 0 spiro atoms. The van der Waals surface area contributed by atoms with Gasteiger partial charge in [-0.3, -0.25) is 9.59 Å². The Bertz CT molecular complexity index is 1040. The van der Waals surface area contributed by atoms with Crippen LogP contribution in [-0.2, 0) is 7.05 Å². The van der Waals surface area contributed by atoms with E-state index < -0.39 is 11.5 Å². The number of carbonyl (C=O) groups is 1. The van der Waals surface area contributed by atoms with Crippen molar-refractivity contribution in [2.75, 3.05) is 11.9 Å². The Balaban J connectivity index is 2.21. The number of fused-ring (bicyclic) bond motifs is 1. The number of hydrogen-bond acceptors (Lipinski definition) is 3. The van der Waals surface area contributed by atoms with Crippen LogP contribution in [0.1, 0.15) is 15.9 Å². The summed E-state index contributed by atoms with van der Waals surface area (Å²) in [4.78, 5) is 26.9. The molecule has 1 N–H and O–H groups in total. The molecule has 3 aromatic rings. The minimum atomic E-state index is -0.578. The summed E-state index contributed by atoms with van der Waals surface area (Å²) in [6, 6.07) is 12.0. The van der Waals surface area contributed by atoms with Crippen molar-refractivity contribution in [2.45, 2.75) is 6.92 Å². The molecule has 25 heavy (non-hydrogen) atoms. The van der Waals surface area contributed by atoms with E-state index in [0.29, 0.717) is 21.6 Å². The van der Waals surface area contributed by atoms with Crippen LogP contribution in [0.5, 0.6) is 5.75 Å². The van der Waals surface area contributed by atoms with Crippen LogP contribution in [0.25, 0.3) is 10.9 Å². The van der Waals surface area contributed by atoms with Crippen molar-refractivity contribution in [3.05, 3.63) is 69.0 Å². The number of pyridine rings is 1. The summed E-state index contributed by atoms with van der Waals surface area (Å²) in [6.45, 7) is 1.82. The molecule has 0 aliphatic carbocycles. The maximum Gasteiger partial charge on any atom is 0.267 e. The van der Waals surface area contributed by atoms with E-state index in [9.17, 15) is 14.7 Å². The lowest BCUT2D eigenvalue weighted by Crippen LogP contribution is -2.34. The highest BCUT2D eigenvalue weighted by atomic mass is 35.5. The summed E-state index contributed by atoms with van der Waals surface area (Å²) in [7, 11) is 3.13. The molecule has 0 saturated carbocycles. The lowest BCUT2D eigenvalue weighted by atomic mass is 10.0. The Labute approximate surface area is 149 Å². The number of amides is 1. The van der Waals surface area contributed by atoms with Gasteiger partial charge in [0.1, 0.15) is 11.3 Å². The van der Waals surface area contributed by atoms with Crippen LogP contribution in [0.15, 0.2) is 47.3 Å². The lowest BCUT2D eigenvalue weighted by molar-refractivity contribution is 0.0988. The van der Waals surface area contributed by atoms with E-state index in [1.54, 1.807) is 50.5 Å². The van der Waals surface area contributed by atoms with Crippen LogP contribution in [-0.4, -0.2) is 22.6 Å². The fourth-order valence-corrected chi connectivity index (χ4v) is 3.01. The van der Waals surface area contributed by atoms with Gasteiger partial charge in [0.05, 0.1) is 5.52 Å². The number of benzene rings is 2. The van der Waals surface area contributed by atoms with E-state index >= 15 is 0 Å². The number of aromatic nitrogens is 1. The maximum atomic E-state index is 12.9. The third kappa shape index (κ3) is 2.76. The summed E-state index contributed by atoms with van der Waals surface area (Å²) in [5, 5.41) is 11.7. The number of aryl methyl sites for hydroxylation is 2. The molecule has 0 aliphatic rings. The average Bonchev–Trinajstić information content (AvgIpc) is 2.59. The molecule has 0 saturated heterocycles. The van der Waals surface area contributed by atoms with Gasteiger partial charge < -0.3 is 14.6 Å². The number of nitrogens with zero attached hydrogens (tertiary/aromatic N) is 2. The fraction of sp³-hybridized carbons (Fsp3) is 0.158. The molecule has 0 unspecified atom stereocenters. The number of anilines is 1. The van der Waals surface area contributed by atoms with Gasteiger partial charge >= 0.3 is 0 Å². The Morgan fingerprint density at radius 2 is 1.80 bits per heavy atom. The average molecular weight is 357 g/mol. The summed E-state index contributed by atoms with van der Waals surface area (Å²) in [5.41, 5.74) is 1.14. The van der Waals surface area contributed by atoms with Gasteiger partial charge in [-0.25, -0.2) is 0 Å². The van der Waals surface area contributed by atoms with Crippen LogP contribution in [0.3, 0.4) is 0 Å². The van der Waals surface area contributed by atoms with Crippen molar-refractivity contribution < 1.29 is 9.90 Å². The van der Waals surface area contributed by atoms with Crippen molar-refractivity contribution >= 4 is 34.1 Å². The van der Waals surface area contributed by atoms with Gasteiger partial charge in [-0.15, -0.1) is 0 Å². The predicted octanol–water partition coefficient (Wildman–Crippen LogP) is 3.48. The monoisotopic (exact) mass is 356 g/mol. The third-order valence-electron chi connectivity index (χ3n) is 4.34. The molecule has 1 heterocycles. The standard InChI is InChI=1S/C19H17ClN2O3/c1-11-5-4-6-14-15(11)17(23)16(19(25)22(14)3)18(24)21(2)13-9-7-12(20)8-10-13/h4-10,23H,1-3H3. The Hall–Kier alpha value is -2.79. The van der Waals surface area contributed by atoms with E-state index in [4.69, 9.17) is 11.6 Å². The molecular formula is C19H17ClN2O3. The zero-order valence-corrected chi connectivity index (χ0v) is 14.8. The van der Waals surface area contributed by atoms with Crippen LogP contribution in [0.2, 0.25) is 5.02 Å². The summed E-state index contributed by atoms with van der Waals surface area (Å²) in [5.74, 6) is -0.868. The molecule has 6 heteroatoms. The van der Waals surface area contributed by atoms with Crippen LogP contribution in [0, 0.1) is 6.92 Å². The highest BCUT2D eigenvalue weighted by molar-refractivity contribution is 6.30. The molecule has 3 rings (SSSR count). The first-order chi connectivity index (χ1) is 11.8. The molecule has 0 fully saturated rings. The zero-order valence-electron chi connectivity index (χ0n) is 14.1. The zero-order chi connectivity index (χ0) is 18.3. The SMILES string of the molecule is Cc1cccc2c1c(O)c(C(=O)N(C)c1ccc(Cl)cc1)c(=O)n2C. The molecule has 1 aromatic heterocycles. The Morgan fingerprint density at radius 1 is 1.16 bits per heavy atom. The smallest absolute Gasteiger partial charge is 0.267 e. The number of carbonyl (C=O) groups excluding carboxylic acids is 1. The Morgan fingerprint density at radius 3 is 2.44 bits per heavy atom. The van der Waals surface area contributed by atoms with Gasteiger partial charge in [-0.2, -0.15) is 0 Å². The molecular weight excluding hydrogens is 340 g/mol. The van der Waals surface area contributed by atoms with Gasteiger partial charge in [0.25, 0.3) is 11.5 Å². The summed E-state index contributed by atoms with van der Waals surface area (Å²) >= 11 is 5.87. The quantitative estimate of drug-likeness (QED) is 0.764. The van der Waals surface area contributed by atoms with E-state index in [-0.39, 0.29) is 11.3 Å². The normalized spacial score (nSPS) is 10.9. The first-order valence-electron chi connectivity index (χ1n) is 7.68. The summed E-state index contributed by atoms with van der Waals surface area (Å²) in [6.07, 6.45) is 0. The minimum Gasteiger partial charge on any atom is -0.506 e. The number of rotatable bonds is 2. The van der Waals surface area contributed by atoms with Gasteiger partial charge in [0, 0.05) is 30.2 Å². The van der Waals surface area contributed by atoms with Crippen LogP contribution in [0.4, 0.5) is 5.69 Å². The Kier molecular flexibility index (Phi) is 4.27. The maximum absolute atomic E-state index is 12.9. The second-order valence-electron chi connectivity index (χ2n) is 5.90. The predicted molar refractivity (Wildman–Crippen MR) is 99.8 cm³/mol. The van der Waals surface area contributed by atoms with Crippen molar-refractivity contribution in [1.82, 2.24) is 4.57 Å². The number of hydrogen-bond donors (Lipinski definition) is 1. The molecule has 5 nitrogen and oxygen atoms in total. The second-order valence-corrected chi connectivity index (χ2v) is 6.33. The third-order valence-corrected chi connectivity index (χ3v) is 4.59. The van der Waals surface area contributed by atoms with Crippen molar-refractivity contribution in [2.24, 2.45) is 7.05 Å². The molecule has 0 radical (unpaired) electrons. The molecule has 0 bridgehead atoms. The van der Waals surface area contributed by atoms with Crippen LogP contribution >= 0.6 is 11.6 Å². The largest absolute Gasteiger partial charge is 0.506 e. The highest BCUT2D eigenvalue weighted by Crippen LogP contribution is 2.30. The summed E-state index contributed by atoms with van der Waals surface area (Å²) < 4.78 is 1.38. The van der Waals surface area contributed by atoms with Gasteiger partial charge in [-0.1, -0.05) is 23.7 Å².